The van der Waals surface area contributed by atoms with Gasteiger partial charge in [0.05, 0.1) is 30.2 Å². The molecular weight excluding hydrogens is 364 g/mol. The minimum Gasteiger partial charge on any atom is -0.376 e. The standard InChI is InChI=1S/C7H6Br2.C6H10O3/c8-7(9)6-4-2-1-3-5-6;1(5-3-8-5)7-2-6-4-9-6/h1-5,7H;5-6H,1-4H2. The molecule has 2 atom stereocenters. The van der Waals surface area contributed by atoms with Crippen LogP contribution in [0.4, 0.5) is 0 Å². The average molecular weight is 380 g/mol. The van der Waals surface area contributed by atoms with Gasteiger partial charge in [-0.3, -0.25) is 0 Å². The summed E-state index contributed by atoms with van der Waals surface area (Å²) in [6.45, 7) is 3.26. The van der Waals surface area contributed by atoms with Gasteiger partial charge in [-0.1, -0.05) is 62.2 Å². The molecule has 3 nitrogen and oxygen atoms in total. The normalized spacial score (nSPS) is 24.4. The van der Waals surface area contributed by atoms with Crippen molar-refractivity contribution in [1.82, 2.24) is 0 Å². The quantitative estimate of drug-likeness (QED) is 0.581. The van der Waals surface area contributed by atoms with E-state index in [1.807, 2.05) is 18.2 Å². The van der Waals surface area contributed by atoms with Crippen molar-refractivity contribution in [3.63, 3.8) is 0 Å². The molecular formula is C13H16Br2O3. The summed E-state index contributed by atoms with van der Waals surface area (Å²) < 4.78 is 15.4. The number of alkyl halides is 2. The number of halogens is 2. The van der Waals surface area contributed by atoms with Crippen LogP contribution in [0.2, 0.25) is 0 Å². The van der Waals surface area contributed by atoms with Crippen LogP contribution < -0.4 is 0 Å². The number of ether oxygens (including phenoxy) is 3. The predicted octanol–water partition coefficient (Wildman–Crippen LogP) is 3.28. The van der Waals surface area contributed by atoms with Crippen LogP contribution in [0, 0.1) is 0 Å². The van der Waals surface area contributed by atoms with Gasteiger partial charge in [0.1, 0.15) is 12.2 Å². The summed E-state index contributed by atoms with van der Waals surface area (Å²) in [5.74, 6) is 0. The van der Waals surface area contributed by atoms with Crippen LogP contribution in [0.15, 0.2) is 30.3 Å². The highest BCUT2D eigenvalue weighted by atomic mass is 79.9. The van der Waals surface area contributed by atoms with Crippen molar-refractivity contribution < 1.29 is 14.2 Å². The Balaban J connectivity index is 0.000000134. The molecule has 1 aromatic rings. The third-order valence-electron chi connectivity index (χ3n) is 2.46. The molecule has 2 aliphatic rings. The zero-order valence-corrected chi connectivity index (χ0v) is 13.1. The number of hydrogen-bond acceptors (Lipinski definition) is 3. The molecule has 0 radical (unpaired) electrons. The monoisotopic (exact) mass is 378 g/mol. The second-order valence-corrected chi connectivity index (χ2v) is 7.22. The van der Waals surface area contributed by atoms with Gasteiger partial charge >= 0.3 is 0 Å². The Kier molecular flexibility index (Phi) is 6.11. The second kappa shape index (κ2) is 7.60. The van der Waals surface area contributed by atoms with Gasteiger partial charge in [-0.25, -0.2) is 0 Å². The van der Waals surface area contributed by atoms with Crippen LogP contribution in [-0.2, 0) is 14.2 Å². The van der Waals surface area contributed by atoms with E-state index >= 15 is 0 Å². The summed E-state index contributed by atoms with van der Waals surface area (Å²) in [5, 5.41) is 0. The first-order valence-electron chi connectivity index (χ1n) is 5.89. The van der Waals surface area contributed by atoms with E-state index in [9.17, 15) is 0 Å². The lowest BCUT2D eigenvalue weighted by atomic mass is 10.2. The Hall–Kier alpha value is 0.0600. The first kappa shape index (κ1) is 14.5. The number of benzene rings is 1. The number of epoxide rings is 2. The molecule has 0 bridgehead atoms. The molecule has 0 aromatic heterocycles. The fourth-order valence-electron chi connectivity index (χ4n) is 1.26. The maximum absolute atomic E-state index is 5.23. The van der Waals surface area contributed by atoms with E-state index in [0.29, 0.717) is 12.2 Å². The van der Waals surface area contributed by atoms with Crippen LogP contribution in [0.5, 0.6) is 0 Å². The highest BCUT2D eigenvalue weighted by molar-refractivity contribution is 9.24. The van der Waals surface area contributed by atoms with Gasteiger partial charge in [-0.05, 0) is 5.56 Å². The molecule has 0 spiro atoms. The SMILES string of the molecule is BrC(Br)c1ccccc1.C(OCC1CO1)C1CO1. The smallest absolute Gasteiger partial charge is 0.104 e. The molecule has 2 fully saturated rings. The van der Waals surface area contributed by atoms with E-state index in [1.165, 1.54) is 5.56 Å². The van der Waals surface area contributed by atoms with Gasteiger partial charge in [0.25, 0.3) is 0 Å². The Morgan fingerprint density at radius 1 is 1.06 bits per heavy atom. The topological polar surface area (TPSA) is 34.3 Å². The Morgan fingerprint density at radius 3 is 1.89 bits per heavy atom. The summed E-state index contributed by atoms with van der Waals surface area (Å²) in [4.78, 5) is 0. The third kappa shape index (κ3) is 6.29. The highest BCUT2D eigenvalue weighted by Crippen LogP contribution is 2.28. The molecule has 0 aliphatic carbocycles. The first-order chi connectivity index (χ1) is 8.75. The second-order valence-electron chi connectivity index (χ2n) is 4.16. The summed E-state index contributed by atoms with van der Waals surface area (Å²) >= 11 is 6.80. The lowest BCUT2D eigenvalue weighted by Gasteiger charge is -1.97. The molecule has 18 heavy (non-hydrogen) atoms. The average Bonchev–Trinajstić information content (AvgIpc) is 3.26. The molecule has 2 saturated heterocycles. The first-order valence-corrected chi connectivity index (χ1v) is 7.73. The van der Waals surface area contributed by atoms with Crippen LogP contribution in [-0.4, -0.2) is 38.6 Å². The minimum atomic E-state index is 0.284. The molecule has 2 heterocycles. The predicted molar refractivity (Wildman–Crippen MR) is 77.3 cm³/mol. The maximum atomic E-state index is 5.23. The van der Waals surface area contributed by atoms with Crippen LogP contribution in [0.1, 0.15) is 9.30 Å². The van der Waals surface area contributed by atoms with Crippen molar-refractivity contribution >= 4 is 31.9 Å². The Bertz CT molecular complexity index is 325. The van der Waals surface area contributed by atoms with E-state index in [4.69, 9.17) is 14.2 Å². The van der Waals surface area contributed by atoms with E-state index in [1.54, 1.807) is 0 Å². The van der Waals surface area contributed by atoms with Crippen LogP contribution in [0.3, 0.4) is 0 Å². The maximum Gasteiger partial charge on any atom is 0.104 e. The minimum absolute atomic E-state index is 0.284. The lowest BCUT2D eigenvalue weighted by molar-refractivity contribution is 0.102. The van der Waals surface area contributed by atoms with Crippen molar-refractivity contribution in [3.05, 3.63) is 35.9 Å². The molecule has 1 aromatic carbocycles. The van der Waals surface area contributed by atoms with Gasteiger partial charge in [0, 0.05) is 0 Å². The molecule has 0 N–H and O–H groups in total. The summed E-state index contributed by atoms with van der Waals surface area (Å²) in [6.07, 6.45) is 0.785. The van der Waals surface area contributed by atoms with Gasteiger partial charge in [0.2, 0.25) is 0 Å². The summed E-state index contributed by atoms with van der Waals surface area (Å²) in [7, 11) is 0. The van der Waals surface area contributed by atoms with Gasteiger partial charge in [0.15, 0.2) is 0 Å². The molecule has 0 amide bonds. The van der Waals surface area contributed by atoms with Gasteiger partial charge < -0.3 is 14.2 Å². The van der Waals surface area contributed by atoms with E-state index in [0.717, 1.165) is 26.4 Å². The van der Waals surface area contributed by atoms with E-state index in [2.05, 4.69) is 44.0 Å². The van der Waals surface area contributed by atoms with Crippen molar-refractivity contribution in [2.24, 2.45) is 0 Å². The molecule has 3 rings (SSSR count). The molecule has 5 heteroatoms. The molecule has 2 unspecified atom stereocenters. The van der Waals surface area contributed by atoms with Crippen LogP contribution in [0.25, 0.3) is 0 Å². The fourth-order valence-corrected chi connectivity index (χ4v) is 1.87. The number of hydrogen-bond donors (Lipinski definition) is 0. The van der Waals surface area contributed by atoms with Gasteiger partial charge in [-0.2, -0.15) is 0 Å². The van der Waals surface area contributed by atoms with Gasteiger partial charge in [-0.15, -0.1) is 0 Å². The van der Waals surface area contributed by atoms with Crippen LogP contribution >= 0.6 is 31.9 Å². The van der Waals surface area contributed by atoms with E-state index < -0.39 is 0 Å². The lowest BCUT2D eigenvalue weighted by Crippen LogP contribution is -2.06. The third-order valence-corrected chi connectivity index (χ3v) is 3.52. The van der Waals surface area contributed by atoms with Crippen molar-refractivity contribution in [2.45, 2.75) is 15.9 Å². The zero-order chi connectivity index (χ0) is 12.8. The summed E-state index contributed by atoms with van der Waals surface area (Å²) in [6, 6.07) is 10.2. The zero-order valence-electron chi connectivity index (χ0n) is 9.93. The Morgan fingerprint density at radius 2 is 1.56 bits per heavy atom. The Labute approximate surface area is 124 Å². The van der Waals surface area contributed by atoms with Crippen molar-refractivity contribution in [2.75, 3.05) is 26.4 Å². The molecule has 0 saturated carbocycles. The summed E-state index contributed by atoms with van der Waals surface area (Å²) in [5.41, 5.74) is 1.25. The van der Waals surface area contributed by atoms with E-state index in [-0.39, 0.29) is 3.74 Å². The van der Waals surface area contributed by atoms with Crippen molar-refractivity contribution in [3.8, 4) is 0 Å². The largest absolute Gasteiger partial charge is 0.376 e. The fraction of sp³-hybridized carbons (Fsp3) is 0.538. The number of rotatable bonds is 5. The highest BCUT2D eigenvalue weighted by Gasteiger charge is 2.26. The molecule has 2 aliphatic heterocycles. The molecule has 100 valence electrons. The van der Waals surface area contributed by atoms with Crippen molar-refractivity contribution in [1.29, 1.82) is 0 Å².